The van der Waals surface area contributed by atoms with Crippen molar-refractivity contribution in [1.29, 1.82) is 0 Å². The average molecular weight is 236 g/mol. The average Bonchev–Trinajstić information content (AvgIpc) is 2.34. The highest BCUT2D eigenvalue weighted by molar-refractivity contribution is 5.79. The fraction of sp³-hybridized carbons (Fsp3) is 0.500. The van der Waals surface area contributed by atoms with Crippen LogP contribution >= 0.6 is 0 Å². The van der Waals surface area contributed by atoms with Crippen LogP contribution in [0.25, 0.3) is 0 Å². The number of hydrogen-bond acceptors (Lipinski definition) is 3. The Labute approximate surface area is 102 Å². The van der Waals surface area contributed by atoms with Crippen LogP contribution < -0.4 is 15.4 Å². The van der Waals surface area contributed by atoms with E-state index < -0.39 is 0 Å². The molecule has 0 amide bonds. The van der Waals surface area contributed by atoms with E-state index in [0.29, 0.717) is 18.5 Å². The quantitative estimate of drug-likeness (QED) is 0.608. The number of pyridine rings is 1. The highest BCUT2D eigenvalue weighted by Gasteiger charge is 2.00. The van der Waals surface area contributed by atoms with Gasteiger partial charge in [-0.25, -0.2) is 4.98 Å². The monoisotopic (exact) mass is 236 g/mol. The van der Waals surface area contributed by atoms with E-state index in [-0.39, 0.29) is 0 Å². The molecule has 1 rings (SSSR count). The van der Waals surface area contributed by atoms with Crippen molar-refractivity contribution in [2.45, 2.75) is 26.4 Å². The second kappa shape index (κ2) is 6.73. The number of aliphatic imine (C=N–C) groups is 1. The first-order valence-electron chi connectivity index (χ1n) is 5.61. The molecule has 2 N–H and O–H groups in total. The molecule has 0 aliphatic heterocycles. The Morgan fingerprint density at radius 2 is 2.24 bits per heavy atom. The topological polar surface area (TPSA) is 58.5 Å². The normalized spacial score (nSPS) is 11.5. The Hall–Kier alpha value is -1.78. The number of nitrogens with zero attached hydrogens (tertiary/aromatic N) is 2. The molecule has 0 saturated heterocycles. The van der Waals surface area contributed by atoms with Crippen molar-refractivity contribution in [3.63, 3.8) is 0 Å². The highest BCUT2D eigenvalue weighted by Crippen LogP contribution is 2.05. The molecule has 0 spiro atoms. The number of aromatic nitrogens is 1. The molecule has 0 saturated carbocycles. The summed E-state index contributed by atoms with van der Waals surface area (Å²) in [5, 5.41) is 6.43. The van der Waals surface area contributed by atoms with Crippen LogP contribution in [0.3, 0.4) is 0 Å². The summed E-state index contributed by atoms with van der Waals surface area (Å²) in [6.45, 7) is 4.83. The summed E-state index contributed by atoms with van der Waals surface area (Å²) in [5.74, 6) is 1.41. The second-order valence-electron chi connectivity index (χ2n) is 3.93. The molecule has 17 heavy (non-hydrogen) atoms. The van der Waals surface area contributed by atoms with Crippen LogP contribution in [0, 0.1) is 0 Å². The number of rotatable bonds is 4. The Balaban J connectivity index is 2.48. The Kier molecular flexibility index (Phi) is 5.26. The van der Waals surface area contributed by atoms with Gasteiger partial charge in [0.15, 0.2) is 5.96 Å². The predicted octanol–water partition coefficient (Wildman–Crippen LogP) is 1.16. The van der Waals surface area contributed by atoms with E-state index in [9.17, 15) is 0 Å². The number of guanidine groups is 1. The number of ether oxygens (including phenoxy) is 1. The summed E-state index contributed by atoms with van der Waals surface area (Å²) in [7, 11) is 3.36. The van der Waals surface area contributed by atoms with Gasteiger partial charge >= 0.3 is 0 Å². The Morgan fingerprint density at radius 1 is 1.47 bits per heavy atom. The zero-order chi connectivity index (χ0) is 12.7. The molecule has 0 bridgehead atoms. The maximum atomic E-state index is 5.00. The van der Waals surface area contributed by atoms with Crippen LogP contribution in [0.5, 0.6) is 5.88 Å². The third kappa shape index (κ3) is 4.72. The minimum absolute atomic E-state index is 0.357. The Morgan fingerprint density at radius 3 is 2.71 bits per heavy atom. The van der Waals surface area contributed by atoms with Gasteiger partial charge < -0.3 is 15.4 Å². The molecule has 0 aliphatic carbocycles. The summed E-state index contributed by atoms with van der Waals surface area (Å²) >= 11 is 0. The van der Waals surface area contributed by atoms with Gasteiger partial charge in [-0.2, -0.15) is 0 Å². The number of methoxy groups -OCH3 is 1. The van der Waals surface area contributed by atoms with Gasteiger partial charge in [0.25, 0.3) is 0 Å². The van der Waals surface area contributed by atoms with E-state index in [1.807, 2.05) is 12.1 Å². The van der Waals surface area contributed by atoms with E-state index in [1.54, 1.807) is 20.4 Å². The third-order valence-electron chi connectivity index (χ3n) is 2.12. The highest BCUT2D eigenvalue weighted by atomic mass is 16.5. The molecule has 1 aromatic rings. The predicted molar refractivity (Wildman–Crippen MR) is 69.3 cm³/mol. The van der Waals surface area contributed by atoms with E-state index in [2.05, 4.69) is 34.5 Å². The fourth-order valence-corrected chi connectivity index (χ4v) is 1.29. The van der Waals surface area contributed by atoms with Crippen LogP contribution in [0.2, 0.25) is 0 Å². The lowest BCUT2D eigenvalue weighted by molar-refractivity contribution is 0.397. The van der Waals surface area contributed by atoms with E-state index in [4.69, 9.17) is 4.74 Å². The van der Waals surface area contributed by atoms with Crippen molar-refractivity contribution in [2.24, 2.45) is 4.99 Å². The van der Waals surface area contributed by atoms with Crippen LogP contribution in [-0.4, -0.2) is 31.1 Å². The first kappa shape index (κ1) is 13.3. The van der Waals surface area contributed by atoms with Gasteiger partial charge in [-0.1, -0.05) is 6.07 Å². The summed E-state index contributed by atoms with van der Waals surface area (Å²) < 4.78 is 5.00. The van der Waals surface area contributed by atoms with E-state index in [1.165, 1.54) is 0 Å². The number of hydrogen-bond donors (Lipinski definition) is 2. The molecule has 0 unspecified atom stereocenters. The lowest BCUT2D eigenvalue weighted by Crippen LogP contribution is -2.40. The largest absolute Gasteiger partial charge is 0.481 e. The molecule has 0 radical (unpaired) electrons. The standard InChI is InChI=1S/C12H20N4O/c1-9(2)16-12(13-3)15-8-10-5-6-11(17-4)14-7-10/h5-7,9H,8H2,1-4H3,(H2,13,15,16). The van der Waals surface area contributed by atoms with Gasteiger partial charge in [0.2, 0.25) is 5.88 Å². The molecule has 0 fully saturated rings. The fourth-order valence-electron chi connectivity index (χ4n) is 1.29. The molecule has 5 heteroatoms. The van der Waals surface area contributed by atoms with E-state index in [0.717, 1.165) is 11.5 Å². The maximum Gasteiger partial charge on any atom is 0.212 e. The number of nitrogens with one attached hydrogen (secondary N) is 2. The molecule has 0 atom stereocenters. The first-order chi connectivity index (χ1) is 8.15. The molecule has 1 heterocycles. The molecule has 0 aromatic carbocycles. The zero-order valence-corrected chi connectivity index (χ0v) is 10.8. The molecule has 94 valence electrons. The minimum Gasteiger partial charge on any atom is -0.481 e. The smallest absolute Gasteiger partial charge is 0.212 e. The molecule has 0 aliphatic rings. The van der Waals surface area contributed by atoms with Crippen molar-refractivity contribution in [3.05, 3.63) is 23.9 Å². The SMILES string of the molecule is CN=C(NCc1ccc(OC)nc1)NC(C)C. The third-order valence-corrected chi connectivity index (χ3v) is 2.12. The molecule has 5 nitrogen and oxygen atoms in total. The van der Waals surface area contributed by atoms with Gasteiger partial charge in [0.05, 0.1) is 7.11 Å². The van der Waals surface area contributed by atoms with Crippen LogP contribution in [0.1, 0.15) is 19.4 Å². The first-order valence-corrected chi connectivity index (χ1v) is 5.61. The lowest BCUT2D eigenvalue weighted by Gasteiger charge is -2.14. The van der Waals surface area contributed by atoms with Gasteiger partial charge in [-0.05, 0) is 19.4 Å². The zero-order valence-electron chi connectivity index (χ0n) is 10.8. The molecular formula is C12H20N4O. The summed E-state index contributed by atoms with van der Waals surface area (Å²) in [6.07, 6.45) is 1.79. The van der Waals surface area contributed by atoms with Crippen molar-refractivity contribution in [2.75, 3.05) is 14.2 Å². The molecule has 1 aromatic heterocycles. The second-order valence-corrected chi connectivity index (χ2v) is 3.93. The lowest BCUT2D eigenvalue weighted by atomic mass is 10.3. The van der Waals surface area contributed by atoms with Crippen molar-refractivity contribution >= 4 is 5.96 Å². The minimum atomic E-state index is 0.357. The van der Waals surface area contributed by atoms with Crippen molar-refractivity contribution in [1.82, 2.24) is 15.6 Å². The van der Waals surface area contributed by atoms with Crippen LogP contribution in [-0.2, 0) is 6.54 Å². The Bertz CT molecular complexity index is 359. The van der Waals surface area contributed by atoms with Gasteiger partial charge in [0.1, 0.15) is 0 Å². The van der Waals surface area contributed by atoms with Crippen LogP contribution in [0.15, 0.2) is 23.3 Å². The summed E-state index contributed by atoms with van der Waals surface area (Å²) in [6, 6.07) is 4.17. The van der Waals surface area contributed by atoms with Crippen LogP contribution in [0.4, 0.5) is 0 Å². The van der Waals surface area contributed by atoms with Crippen molar-refractivity contribution < 1.29 is 4.74 Å². The van der Waals surface area contributed by atoms with Gasteiger partial charge in [0, 0.05) is 31.9 Å². The molecular weight excluding hydrogens is 216 g/mol. The van der Waals surface area contributed by atoms with Crippen molar-refractivity contribution in [3.8, 4) is 5.88 Å². The van der Waals surface area contributed by atoms with Gasteiger partial charge in [-0.15, -0.1) is 0 Å². The van der Waals surface area contributed by atoms with Gasteiger partial charge in [-0.3, -0.25) is 4.99 Å². The summed E-state index contributed by atoms with van der Waals surface area (Å²) in [4.78, 5) is 8.27. The summed E-state index contributed by atoms with van der Waals surface area (Å²) in [5.41, 5.74) is 1.08. The van der Waals surface area contributed by atoms with E-state index >= 15 is 0 Å². The maximum absolute atomic E-state index is 5.00.